The molecule has 1 aliphatic heterocycles. The second-order valence-corrected chi connectivity index (χ2v) is 5.83. The average Bonchev–Trinajstić information content (AvgIpc) is 3.19. The van der Waals surface area contributed by atoms with E-state index in [2.05, 4.69) is 36.3 Å². The van der Waals surface area contributed by atoms with E-state index in [0.717, 1.165) is 61.7 Å². The molecule has 8 nitrogen and oxygen atoms in total. The van der Waals surface area contributed by atoms with Crippen molar-refractivity contribution < 1.29 is 9.15 Å². The van der Waals surface area contributed by atoms with E-state index in [9.17, 15) is 0 Å². The average molecular weight is 314 g/mol. The molecule has 0 saturated carbocycles. The Hall–Kier alpha value is -2.32. The van der Waals surface area contributed by atoms with E-state index in [0.29, 0.717) is 5.89 Å². The van der Waals surface area contributed by atoms with Crippen LogP contribution in [0.2, 0.25) is 0 Å². The van der Waals surface area contributed by atoms with Crippen LogP contribution in [0.25, 0.3) is 11.0 Å². The highest BCUT2D eigenvalue weighted by Crippen LogP contribution is 2.17. The Bertz CT molecular complexity index is 790. The predicted molar refractivity (Wildman–Crippen MR) is 81.4 cm³/mol. The minimum atomic E-state index is 0.618. The topological polar surface area (TPSA) is 84.3 Å². The number of rotatable bonds is 4. The van der Waals surface area contributed by atoms with Crippen molar-refractivity contribution in [3.63, 3.8) is 0 Å². The van der Waals surface area contributed by atoms with Crippen molar-refractivity contribution in [1.29, 1.82) is 0 Å². The molecule has 1 aromatic carbocycles. The van der Waals surface area contributed by atoms with E-state index in [4.69, 9.17) is 9.15 Å². The van der Waals surface area contributed by atoms with Crippen LogP contribution in [0.15, 0.2) is 27.4 Å². The SMILES string of the molecule is Cc1nc(CN2CCN(Cc3cccc4nonc34)CC2)no1. The molecule has 0 N–H and O–H groups in total. The molecule has 0 unspecified atom stereocenters. The standard InChI is InChI=1S/C15H18N6O2/c1-11-16-14(18-22-11)10-21-7-5-20(6-8-21)9-12-3-2-4-13-15(12)19-23-17-13/h2-4H,5-10H2,1H3. The maximum absolute atomic E-state index is 5.02. The summed E-state index contributed by atoms with van der Waals surface area (Å²) in [5.41, 5.74) is 2.83. The third-order valence-electron chi connectivity index (χ3n) is 4.16. The number of hydrogen-bond acceptors (Lipinski definition) is 8. The number of piperazine rings is 1. The Morgan fingerprint density at radius 3 is 2.52 bits per heavy atom. The molecule has 3 aromatic rings. The minimum Gasteiger partial charge on any atom is -0.340 e. The summed E-state index contributed by atoms with van der Waals surface area (Å²) in [6.07, 6.45) is 0. The van der Waals surface area contributed by atoms with E-state index in [-0.39, 0.29) is 0 Å². The van der Waals surface area contributed by atoms with Gasteiger partial charge >= 0.3 is 0 Å². The molecule has 2 aromatic heterocycles. The molecule has 3 heterocycles. The van der Waals surface area contributed by atoms with E-state index in [1.54, 1.807) is 0 Å². The van der Waals surface area contributed by atoms with Crippen LogP contribution >= 0.6 is 0 Å². The monoisotopic (exact) mass is 314 g/mol. The van der Waals surface area contributed by atoms with Crippen LogP contribution in [-0.4, -0.2) is 56.4 Å². The summed E-state index contributed by atoms with van der Waals surface area (Å²) in [7, 11) is 0. The highest BCUT2D eigenvalue weighted by atomic mass is 16.6. The quantitative estimate of drug-likeness (QED) is 0.711. The summed E-state index contributed by atoms with van der Waals surface area (Å²) >= 11 is 0. The molecule has 0 atom stereocenters. The van der Waals surface area contributed by atoms with Gasteiger partial charge in [-0.2, -0.15) is 4.98 Å². The Balaban J connectivity index is 1.35. The Morgan fingerprint density at radius 1 is 1.00 bits per heavy atom. The highest BCUT2D eigenvalue weighted by molar-refractivity contribution is 5.76. The van der Waals surface area contributed by atoms with Gasteiger partial charge in [0.2, 0.25) is 5.89 Å². The fourth-order valence-corrected chi connectivity index (χ4v) is 2.94. The van der Waals surface area contributed by atoms with Crippen LogP contribution in [0.1, 0.15) is 17.3 Å². The summed E-state index contributed by atoms with van der Waals surface area (Å²) in [5.74, 6) is 1.38. The third kappa shape index (κ3) is 3.08. The van der Waals surface area contributed by atoms with Gasteiger partial charge in [0.15, 0.2) is 5.82 Å². The van der Waals surface area contributed by atoms with Gasteiger partial charge in [-0.25, -0.2) is 4.63 Å². The smallest absolute Gasteiger partial charge is 0.223 e. The number of nitrogens with zero attached hydrogens (tertiary/aromatic N) is 6. The number of fused-ring (bicyclic) bond motifs is 1. The van der Waals surface area contributed by atoms with E-state index < -0.39 is 0 Å². The molecule has 1 saturated heterocycles. The van der Waals surface area contributed by atoms with Crippen molar-refractivity contribution >= 4 is 11.0 Å². The Morgan fingerprint density at radius 2 is 1.78 bits per heavy atom. The summed E-state index contributed by atoms with van der Waals surface area (Å²) in [5, 5.41) is 11.9. The van der Waals surface area contributed by atoms with Gasteiger partial charge in [-0.15, -0.1) is 0 Å². The second kappa shape index (κ2) is 6.05. The lowest BCUT2D eigenvalue weighted by molar-refractivity contribution is 0.119. The number of benzene rings is 1. The lowest BCUT2D eigenvalue weighted by atomic mass is 10.1. The van der Waals surface area contributed by atoms with E-state index >= 15 is 0 Å². The third-order valence-corrected chi connectivity index (χ3v) is 4.16. The molecule has 0 radical (unpaired) electrons. The van der Waals surface area contributed by atoms with Gasteiger partial charge in [-0.1, -0.05) is 17.3 Å². The van der Waals surface area contributed by atoms with Gasteiger partial charge in [0.05, 0.1) is 6.54 Å². The first-order valence-electron chi connectivity index (χ1n) is 7.72. The molecule has 0 spiro atoms. The summed E-state index contributed by atoms with van der Waals surface area (Å²) in [6.45, 7) is 7.39. The zero-order valence-corrected chi connectivity index (χ0v) is 13.0. The number of hydrogen-bond donors (Lipinski definition) is 0. The highest BCUT2D eigenvalue weighted by Gasteiger charge is 2.19. The van der Waals surface area contributed by atoms with Crippen molar-refractivity contribution in [2.45, 2.75) is 20.0 Å². The fourth-order valence-electron chi connectivity index (χ4n) is 2.94. The summed E-state index contributed by atoms with van der Waals surface area (Å²) in [4.78, 5) is 9.03. The summed E-state index contributed by atoms with van der Waals surface area (Å²) in [6, 6.07) is 6.00. The number of aromatic nitrogens is 4. The molecule has 23 heavy (non-hydrogen) atoms. The molecule has 120 valence electrons. The normalized spacial score (nSPS) is 17.1. The molecule has 0 amide bonds. The molecule has 8 heteroatoms. The largest absolute Gasteiger partial charge is 0.340 e. The molecule has 1 fully saturated rings. The molecular formula is C15H18N6O2. The van der Waals surface area contributed by atoms with E-state index in [1.807, 2.05) is 19.1 Å². The number of aryl methyl sites for hydroxylation is 1. The van der Waals surface area contributed by atoms with Crippen LogP contribution in [0, 0.1) is 6.92 Å². The minimum absolute atomic E-state index is 0.618. The Labute approximate surface area is 133 Å². The first-order chi connectivity index (χ1) is 11.3. The first kappa shape index (κ1) is 14.3. The van der Waals surface area contributed by atoms with Gasteiger partial charge in [0.25, 0.3) is 0 Å². The van der Waals surface area contributed by atoms with Gasteiger partial charge in [-0.3, -0.25) is 9.80 Å². The molecule has 0 bridgehead atoms. The van der Waals surface area contributed by atoms with Crippen molar-refractivity contribution in [3.05, 3.63) is 35.5 Å². The first-order valence-corrected chi connectivity index (χ1v) is 7.72. The molecule has 0 aliphatic carbocycles. The van der Waals surface area contributed by atoms with Gasteiger partial charge in [-0.05, 0) is 21.9 Å². The van der Waals surface area contributed by atoms with Gasteiger partial charge < -0.3 is 4.52 Å². The van der Waals surface area contributed by atoms with Crippen molar-refractivity contribution in [2.24, 2.45) is 0 Å². The second-order valence-electron chi connectivity index (χ2n) is 5.83. The Kier molecular flexibility index (Phi) is 3.76. The lowest BCUT2D eigenvalue weighted by Gasteiger charge is -2.34. The summed E-state index contributed by atoms with van der Waals surface area (Å²) < 4.78 is 9.85. The van der Waals surface area contributed by atoms with Crippen molar-refractivity contribution in [1.82, 2.24) is 30.3 Å². The van der Waals surface area contributed by atoms with Crippen LogP contribution in [-0.2, 0) is 13.1 Å². The van der Waals surface area contributed by atoms with Crippen LogP contribution in [0.4, 0.5) is 0 Å². The predicted octanol–water partition coefficient (Wildman–Crippen LogP) is 1.23. The molecular weight excluding hydrogens is 296 g/mol. The zero-order valence-electron chi connectivity index (χ0n) is 13.0. The van der Waals surface area contributed by atoms with Crippen LogP contribution in [0.5, 0.6) is 0 Å². The van der Waals surface area contributed by atoms with E-state index in [1.165, 1.54) is 0 Å². The van der Waals surface area contributed by atoms with Crippen LogP contribution in [0.3, 0.4) is 0 Å². The maximum atomic E-state index is 5.02. The zero-order chi connectivity index (χ0) is 15.6. The fraction of sp³-hybridized carbons (Fsp3) is 0.467. The molecule has 1 aliphatic rings. The lowest BCUT2D eigenvalue weighted by Crippen LogP contribution is -2.45. The van der Waals surface area contributed by atoms with Crippen molar-refractivity contribution in [3.8, 4) is 0 Å². The van der Waals surface area contributed by atoms with Gasteiger partial charge in [0.1, 0.15) is 11.0 Å². The van der Waals surface area contributed by atoms with Gasteiger partial charge in [0, 0.05) is 39.6 Å². The molecule has 4 rings (SSSR count). The van der Waals surface area contributed by atoms with Crippen LogP contribution < -0.4 is 0 Å². The maximum Gasteiger partial charge on any atom is 0.223 e. The van der Waals surface area contributed by atoms with Crippen molar-refractivity contribution in [2.75, 3.05) is 26.2 Å².